The molecule has 0 saturated carbocycles. The number of carbonyl (C=O) groups is 2. The summed E-state index contributed by atoms with van der Waals surface area (Å²) < 4.78 is 0. The minimum absolute atomic E-state index is 0.125. The summed E-state index contributed by atoms with van der Waals surface area (Å²) in [6, 6.07) is 21.6. The van der Waals surface area contributed by atoms with Crippen molar-refractivity contribution in [1.82, 2.24) is 5.32 Å². The topological polar surface area (TPSA) is 48.2 Å². The Morgan fingerprint density at radius 2 is 1.17 bits per heavy atom. The van der Waals surface area contributed by atoms with Gasteiger partial charge in [-0.15, -0.1) is 0 Å². The highest BCUT2D eigenvalue weighted by Crippen LogP contribution is 2.33. The lowest BCUT2D eigenvalue weighted by molar-refractivity contribution is 0.0979. The number of nitrogens with zero attached hydrogens (tertiary/aromatic N) is 1. The van der Waals surface area contributed by atoms with Crippen LogP contribution < -0.4 is 5.32 Å². The van der Waals surface area contributed by atoms with Crippen molar-refractivity contribution in [3.8, 4) is 0 Å². The van der Waals surface area contributed by atoms with Crippen LogP contribution in [0.3, 0.4) is 0 Å². The highest BCUT2D eigenvalue weighted by Gasteiger charge is 2.31. The molecule has 109 valence electrons. The van der Waals surface area contributed by atoms with E-state index in [1.165, 1.54) is 0 Å². The number of para-hydroxylation sites is 1. The van der Waals surface area contributed by atoms with Crippen LogP contribution >= 0.6 is 0 Å². The van der Waals surface area contributed by atoms with E-state index < -0.39 is 0 Å². The molecule has 3 aromatic rings. The second-order valence-corrected chi connectivity index (χ2v) is 5.35. The molecule has 0 atom stereocenters. The molecule has 1 aliphatic carbocycles. The molecule has 0 aromatic heterocycles. The summed E-state index contributed by atoms with van der Waals surface area (Å²) in [4.78, 5) is 25.5. The van der Waals surface area contributed by atoms with Crippen molar-refractivity contribution in [2.75, 3.05) is 0 Å². The molecule has 0 fully saturated rings. The summed E-state index contributed by atoms with van der Waals surface area (Å²) in [7, 11) is 0. The van der Waals surface area contributed by atoms with Gasteiger partial charge in [0.1, 0.15) is 0 Å². The van der Waals surface area contributed by atoms with E-state index in [1.807, 2.05) is 30.3 Å². The zero-order valence-electron chi connectivity index (χ0n) is 12.2. The van der Waals surface area contributed by atoms with Gasteiger partial charge >= 0.3 is 0 Å². The van der Waals surface area contributed by atoms with Crippen molar-refractivity contribution >= 4 is 22.9 Å². The number of fused-ring (bicyclic) bond motifs is 2. The molecule has 0 saturated heterocycles. The molecular formula is C20H12NO2. The lowest BCUT2D eigenvalue weighted by Gasteiger charge is -2.19. The minimum atomic E-state index is -0.148. The first-order valence-corrected chi connectivity index (χ1v) is 7.34. The third-order valence-corrected chi connectivity index (χ3v) is 3.94. The van der Waals surface area contributed by atoms with Crippen LogP contribution in [0.5, 0.6) is 0 Å². The van der Waals surface area contributed by atoms with Crippen LogP contribution in [0.1, 0.15) is 31.8 Å². The fraction of sp³-hybridized carbons (Fsp3) is 0. The Kier molecular flexibility index (Phi) is 3.05. The average Bonchev–Trinajstić information content (AvgIpc) is 2.60. The summed E-state index contributed by atoms with van der Waals surface area (Å²) in [5, 5.41) is 4.54. The van der Waals surface area contributed by atoms with Crippen LogP contribution in [0.4, 0.5) is 11.4 Å². The van der Waals surface area contributed by atoms with Crippen molar-refractivity contribution in [3.63, 3.8) is 0 Å². The first-order valence-electron chi connectivity index (χ1n) is 7.34. The van der Waals surface area contributed by atoms with Crippen molar-refractivity contribution in [1.29, 1.82) is 0 Å². The Balaban J connectivity index is 1.87. The molecule has 3 nitrogen and oxygen atoms in total. The van der Waals surface area contributed by atoms with Crippen LogP contribution in [-0.2, 0) is 0 Å². The van der Waals surface area contributed by atoms with E-state index in [-0.39, 0.29) is 11.6 Å². The largest absolute Gasteiger partial charge is 0.289 e. The fourth-order valence-corrected chi connectivity index (χ4v) is 2.86. The van der Waals surface area contributed by atoms with Crippen LogP contribution in [0.15, 0.2) is 72.8 Å². The number of rotatable bonds is 2. The number of carbonyl (C=O) groups excluding carboxylic acids is 2. The molecule has 1 aliphatic rings. The standard InChI is InChI=1S/C20H12NO2/c22-19-14-9-4-5-10-15(14)20(23)18-16(19)11-6-12-17(18)21-13-7-2-1-3-8-13/h1-12H. The van der Waals surface area contributed by atoms with Crippen molar-refractivity contribution in [2.24, 2.45) is 0 Å². The predicted octanol–water partition coefficient (Wildman–Crippen LogP) is 4.03. The Morgan fingerprint density at radius 3 is 1.91 bits per heavy atom. The van der Waals surface area contributed by atoms with E-state index in [1.54, 1.807) is 42.5 Å². The van der Waals surface area contributed by atoms with Crippen LogP contribution in [0, 0.1) is 0 Å². The zero-order valence-corrected chi connectivity index (χ0v) is 12.2. The molecule has 0 bridgehead atoms. The SMILES string of the molecule is O=C1c2ccccc2C(=O)c2c([N]c3ccccc3)cccc21. The quantitative estimate of drug-likeness (QED) is 0.561. The second kappa shape index (κ2) is 5.21. The molecule has 0 unspecified atom stereocenters. The predicted molar refractivity (Wildman–Crippen MR) is 87.6 cm³/mol. The molecule has 3 aromatic carbocycles. The summed E-state index contributed by atoms with van der Waals surface area (Å²) in [5.41, 5.74) is 3.00. The third-order valence-electron chi connectivity index (χ3n) is 3.94. The van der Waals surface area contributed by atoms with Gasteiger partial charge in [-0.25, -0.2) is 5.32 Å². The van der Waals surface area contributed by atoms with Crippen LogP contribution in [-0.4, -0.2) is 11.6 Å². The third kappa shape index (κ3) is 2.14. The summed E-state index contributed by atoms with van der Waals surface area (Å²) in [5.74, 6) is -0.272. The molecular weight excluding hydrogens is 286 g/mol. The molecule has 4 rings (SSSR count). The van der Waals surface area contributed by atoms with Gasteiger partial charge in [0, 0.05) is 16.7 Å². The van der Waals surface area contributed by atoms with Gasteiger partial charge in [-0.05, 0) is 18.2 Å². The molecule has 23 heavy (non-hydrogen) atoms. The number of benzene rings is 3. The lowest BCUT2D eigenvalue weighted by Crippen LogP contribution is -2.21. The van der Waals surface area contributed by atoms with E-state index >= 15 is 0 Å². The fourth-order valence-electron chi connectivity index (χ4n) is 2.86. The number of hydrogen-bond acceptors (Lipinski definition) is 2. The maximum atomic E-state index is 12.9. The second-order valence-electron chi connectivity index (χ2n) is 5.35. The van der Waals surface area contributed by atoms with Crippen molar-refractivity contribution in [2.45, 2.75) is 0 Å². The van der Waals surface area contributed by atoms with E-state index in [9.17, 15) is 9.59 Å². The summed E-state index contributed by atoms with van der Waals surface area (Å²) >= 11 is 0. The monoisotopic (exact) mass is 298 g/mol. The van der Waals surface area contributed by atoms with Gasteiger partial charge in [0.05, 0.1) is 16.9 Å². The van der Waals surface area contributed by atoms with Gasteiger partial charge in [0.15, 0.2) is 11.6 Å². The molecule has 0 N–H and O–H groups in total. The average molecular weight is 298 g/mol. The first-order chi connectivity index (χ1) is 11.3. The molecule has 0 amide bonds. The van der Waals surface area contributed by atoms with E-state index in [4.69, 9.17) is 0 Å². The van der Waals surface area contributed by atoms with E-state index in [0.29, 0.717) is 27.9 Å². The lowest BCUT2D eigenvalue weighted by atomic mass is 9.83. The van der Waals surface area contributed by atoms with Gasteiger partial charge in [-0.2, -0.15) is 0 Å². The molecule has 0 aliphatic heterocycles. The number of hydrogen-bond donors (Lipinski definition) is 0. The molecule has 0 spiro atoms. The minimum Gasteiger partial charge on any atom is -0.289 e. The van der Waals surface area contributed by atoms with Crippen LogP contribution in [0.25, 0.3) is 0 Å². The van der Waals surface area contributed by atoms with Gasteiger partial charge < -0.3 is 0 Å². The van der Waals surface area contributed by atoms with Crippen LogP contribution in [0.2, 0.25) is 0 Å². The Bertz CT molecular complexity index is 929. The van der Waals surface area contributed by atoms with Crippen molar-refractivity contribution < 1.29 is 9.59 Å². The Labute approximate surface area is 133 Å². The summed E-state index contributed by atoms with van der Waals surface area (Å²) in [6.45, 7) is 0. The number of ketones is 2. The maximum absolute atomic E-state index is 12.9. The smallest absolute Gasteiger partial charge is 0.196 e. The van der Waals surface area contributed by atoms with E-state index in [0.717, 1.165) is 5.69 Å². The van der Waals surface area contributed by atoms with Gasteiger partial charge in [0.25, 0.3) is 0 Å². The highest BCUT2D eigenvalue weighted by molar-refractivity contribution is 6.29. The molecule has 3 heteroatoms. The first kappa shape index (κ1) is 13.5. The van der Waals surface area contributed by atoms with Gasteiger partial charge in [-0.1, -0.05) is 54.6 Å². The molecule has 1 radical (unpaired) electrons. The highest BCUT2D eigenvalue weighted by atomic mass is 16.1. The maximum Gasteiger partial charge on any atom is 0.196 e. The van der Waals surface area contributed by atoms with Crippen molar-refractivity contribution in [3.05, 3.63) is 95.1 Å². The normalized spacial score (nSPS) is 12.5. The van der Waals surface area contributed by atoms with Gasteiger partial charge in [-0.3, -0.25) is 9.59 Å². The van der Waals surface area contributed by atoms with Gasteiger partial charge in [0.2, 0.25) is 0 Å². The van der Waals surface area contributed by atoms with E-state index in [2.05, 4.69) is 5.32 Å². The molecule has 0 heterocycles. The summed E-state index contributed by atoms with van der Waals surface area (Å²) in [6.07, 6.45) is 0. The Morgan fingerprint density at radius 1 is 0.565 bits per heavy atom. The zero-order chi connectivity index (χ0) is 15.8. The Hall–Kier alpha value is -3.20.